The summed E-state index contributed by atoms with van der Waals surface area (Å²) in [4.78, 5) is 11.3. The Bertz CT molecular complexity index is 469. The van der Waals surface area contributed by atoms with Crippen LogP contribution in [-0.2, 0) is 4.74 Å². The summed E-state index contributed by atoms with van der Waals surface area (Å²) in [6.45, 7) is 0. The molecule has 84 valence electrons. The van der Waals surface area contributed by atoms with Gasteiger partial charge in [-0.05, 0) is 22.0 Å². The van der Waals surface area contributed by atoms with Crippen molar-refractivity contribution in [1.29, 1.82) is 5.26 Å². The van der Waals surface area contributed by atoms with Gasteiger partial charge < -0.3 is 4.74 Å². The molecule has 0 spiro atoms. The molecule has 0 aliphatic carbocycles. The first-order chi connectivity index (χ1) is 7.52. The van der Waals surface area contributed by atoms with E-state index < -0.39 is 18.0 Å². The Labute approximate surface area is 98.8 Å². The summed E-state index contributed by atoms with van der Waals surface area (Å²) in [7, 11) is 1.12. The second-order valence-electron chi connectivity index (χ2n) is 2.79. The average Bonchev–Trinajstić information content (AvgIpc) is 2.26. The molecule has 0 amide bonds. The molecule has 0 N–H and O–H groups in total. The van der Waals surface area contributed by atoms with Gasteiger partial charge >= 0.3 is 5.97 Å². The van der Waals surface area contributed by atoms with E-state index in [1.807, 2.05) is 0 Å². The average molecular weight is 290 g/mol. The minimum Gasteiger partial charge on any atom is -0.465 e. The van der Waals surface area contributed by atoms with Crippen molar-refractivity contribution in [2.75, 3.05) is 7.11 Å². The number of carbonyl (C=O) groups excluding carboxylic acids is 1. The highest BCUT2D eigenvalue weighted by Gasteiger charge is 2.23. The predicted octanol–water partition coefficient (Wildman–Crippen LogP) is 3.04. The normalized spacial score (nSPS) is 10.0. The van der Waals surface area contributed by atoms with Gasteiger partial charge in [-0.2, -0.15) is 5.26 Å². The highest BCUT2D eigenvalue weighted by molar-refractivity contribution is 9.10. The molecule has 0 radical (unpaired) electrons. The lowest BCUT2D eigenvalue weighted by atomic mass is 10.0. The van der Waals surface area contributed by atoms with Crippen molar-refractivity contribution in [2.24, 2.45) is 0 Å². The number of ether oxygens (including phenoxy) is 1. The Hall–Kier alpha value is -1.48. The molecule has 0 unspecified atom stereocenters. The van der Waals surface area contributed by atoms with Gasteiger partial charge in [0, 0.05) is 10.0 Å². The first-order valence-electron chi connectivity index (χ1n) is 4.11. The van der Waals surface area contributed by atoms with Gasteiger partial charge in [-0.3, -0.25) is 0 Å². The number of methoxy groups -OCH3 is 1. The minimum absolute atomic E-state index is 0.178. The van der Waals surface area contributed by atoms with Gasteiger partial charge in [0.15, 0.2) is 0 Å². The first kappa shape index (κ1) is 12.6. The summed E-state index contributed by atoms with van der Waals surface area (Å²) in [6.07, 6.45) is -2.81. The SMILES string of the molecule is COC(=O)c1c(Br)ccc(C(F)F)c1C#N. The zero-order valence-corrected chi connectivity index (χ0v) is 9.72. The summed E-state index contributed by atoms with van der Waals surface area (Å²) >= 11 is 3.02. The van der Waals surface area contributed by atoms with E-state index in [1.54, 1.807) is 6.07 Å². The minimum atomic E-state index is -2.81. The topological polar surface area (TPSA) is 50.1 Å². The molecule has 1 aromatic carbocycles. The number of hydrogen-bond donors (Lipinski definition) is 0. The maximum absolute atomic E-state index is 12.6. The Morgan fingerprint density at radius 2 is 2.19 bits per heavy atom. The molecule has 0 bridgehead atoms. The number of esters is 1. The van der Waals surface area contributed by atoms with Crippen molar-refractivity contribution in [2.45, 2.75) is 6.43 Å². The van der Waals surface area contributed by atoms with Crippen molar-refractivity contribution < 1.29 is 18.3 Å². The lowest BCUT2D eigenvalue weighted by molar-refractivity contribution is 0.0599. The fourth-order valence-corrected chi connectivity index (χ4v) is 1.69. The number of benzene rings is 1. The van der Waals surface area contributed by atoms with E-state index in [0.717, 1.165) is 13.2 Å². The summed E-state index contributed by atoms with van der Waals surface area (Å²) < 4.78 is 29.8. The van der Waals surface area contributed by atoms with Gasteiger partial charge in [0.2, 0.25) is 0 Å². The van der Waals surface area contributed by atoms with Crippen LogP contribution in [0.5, 0.6) is 0 Å². The molecule has 0 aliphatic rings. The van der Waals surface area contributed by atoms with Gasteiger partial charge in [0.1, 0.15) is 6.07 Å². The van der Waals surface area contributed by atoms with Crippen LogP contribution >= 0.6 is 15.9 Å². The van der Waals surface area contributed by atoms with Crippen LogP contribution in [0.2, 0.25) is 0 Å². The zero-order chi connectivity index (χ0) is 12.3. The van der Waals surface area contributed by atoms with Gasteiger partial charge in [-0.25, -0.2) is 13.6 Å². The molecular formula is C10H6BrF2NO2. The van der Waals surface area contributed by atoms with Gasteiger partial charge in [0.05, 0.1) is 18.2 Å². The van der Waals surface area contributed by atoms with Crippen LogP contribution in [0.1, 0.15) is 27.9 Å². The smallest absolute Gasteiger partial charge is 0.340 e. The number of rotatable bonds is 2. The molecule has 6 heteroatoms. The molecule has 1 rings (SSSR count). The van der Waals surface area contributed by atoms with E-state index in [1.165, 1.54) is 6.07 Å². The highest BCUT2D eigenvalue weighted by Crippen LogP contribution is 2.30. The number of nitriles is 1. The van der Waals surface area contributed by atoms with E-state index in [2.05, 4.69) is 20.7 Å². The Morgan fingerprint density at radius 1 is 1.56 bits per heavy atom. The summed E-state index contributed by atoms with van der Waals surface area (Å²) in [5, 5.41) is 8.81. The predicted molar refractivity (Wildman–Crippen MR) is 55.2 cm³/mol. The van der Waals surface area contributed by atoms with E-state index in [9.17, 15) is 13.6 Å². The van der Waals surface area contributed by atoms with Crippen LogP contribution in [0, 0.1) is 11.3 Å². The van der Waals surface area contributed by atoms with Crippen LogP contribution in [0.4, 0.5) is 8.78 Å². The van der Waals surface area contributed by atoms with E-state index in [0.29, 0.717) is 0 Å². The number of nitrogens with zero attached hydrogens (tertiary/aromatic N) is 1. The fraction of sp³-hybridized carbons (Fsp3) is 0.200. The molecular weight excluding hydrogens is 284 g/mol. The largest absolute Gasteiger partial charge is 0.465 e. The molecule has 1 aromatic rings. The maximum atomic E-state index is 12.6. The molecule has 0 fully saturated rings. The van der Waals surface area contributed by atoms with Crippen LogP contribution in [0.25, 0.3) is 0 Å². The Morgan fingerprint density at radius 3 is 2.62 bits per heavy atom. The maximum Gasteiger partial charge on any atom is 0.340 e. The van der Waals surface area contributed by atoms with Crippen LogP contribution in [0.15, 0.2) is 16.6 Å². The lowest BCUT2D eigenvalue weighted by Gasteiger charge is -2.09. The van der Waals surface area contributed by atoms with Crippen LogP contribution < -0.4 is 0 Å². The third-order valence-electron chi connectivity index (χ3n) is 1.92. The highest BCUT2D eigenvalue weighted by atomic mass is 79.9. The van der Waals surface area contributed by atoms with Gasteiger partial charge in [-0.15, -0.1) is 0 Å². The molecule has 0 saturated heterocycles. The third-order valence-corrected chi connectivity index (χ3v) is 2.58. The number of halogens is 3. The van der Waals surface area contributed by atoms with Crippen molar-refractivity contribution in [3.8, 4) is 6.07 Å². The van der Waals surface area contributed by atoms with Crippen molar-refractivity contribution in [3.63, 3.8) is 0 Å². The monoisotopic (exact) mass is 289 g/mol. The number of carbonyl (C=O) groups is 1. The van der Waals surface area contributed by atoms with E-state index in [4.69, 9.17) is 5.26 Å². The second-order valence-corrected chi connectivity index (χ2v) is 3.65. The van der Waals surface area contributed by atoms with E-state index in [-0.39, 0.29) is 15.6 Å². The first-order valence-corrected chi connectivity index (χ1v) is 4.91. The molecule has 16 heavy (non-hydrogen) atoms. The number of alkyl halides is 2. The van der Waals surface area contributed by atoms with E-state index >= 15 is 0 Å². The van der Waals surface area contributed by atoms with Crippen LogP contribution in [0.3, 0.4) is 0 Å². The zero-order valence-electron chi connectivity index (χ0n) is 8.13. The fourth-order valence-electron chi connectivity index (χ4n) is 1.20. The standard InChI is InChI=1S/C10H6BrF2NO2/c1-16-10(15)8-6(4-14)5(9(12)13)2-3-7(8)11/h2-3,9H,1H3. The van der Waals surface area contributed by atoms with Crippen molar-refractivity contribution in [1.82, 2.24) is 0 Å². The number of hydrogen-bond acceptors (Lipinski definition) is 3. The summed E-state index contributed by atoms with van der Waals surface area (Å²) in [5.41, 5.74) is -1.02. The van der Waals surface area contributed by atoms with Gasteiger partial charge in [0.25, 0.3) is 6.43 Å². The Balaban J connectivity index is 3.52. The lowest BCUT2D eigenvalue weighted by Crippen LogP contribution is -2.08. The Kier molecular flexibility index (Phi) is 3.96. The van der Waals surface area contributed by atoms with Crippen molar-refractivity contribution in [3.05, 3.63) is 33.3 Å². The summed E-state index contributed by atoms with van der Waals surface area (Å²) in [5.74, 6) is -0.828. The van der Waals surface area contributed by atoms with Gasteiger partial charge in [-0.1, -0.05) is 6.07 Å². The molecule has 0 atom stereocenters. The second kappa shape index (κ2) is 5.03. The molecule has 3 nitrogen and oxygen atoms in total. The molecule has 0 heterocycles. The molecule has 0 aromatic heterocycles. The van der Waals surface area contributed by atoms with Crippen LogP contribution in [-0.4, -0.2) is 13.1 Å². The molecule has 0 aliphatic heterocycles. The molecule has 0 saturated carbocycles. The quantitative estimate of drug-likeness (QED) is 0.786. The van der Waals surface area contributed by atoms with Crippen molar-refractivity contribution >= 4 is 21.9 Å². The summed E-state index contributed by atoms with van der Waals surface area (Å²) in [6, 6.07) is 3.97. The third kappa shape index (κ3) is 2.19.